The van der Waals surface area contributed by atoms with E-state index in [9.17, 15) is 14.0 Å². The molecule has 0 bridgehead atoms. The van der Waals surface area contributed by atoms with Gasteiger partial charge in [0, 0.05) is 11.9 Å². The highest BCUT2D eigenvalue weighted by Gasteiger charge is 2.16. The number of thiazole rings is 1. The van der Waals surface area contributed by atoms with Crippen LogP contribution in [0.5, 0.6) is 0 Å². The van der Waals surface area contributed by atoms with Crippen LogP contribution in [-0.2, 0) is 6.54 Å². The van der Waals surface area contributed by atoms with Gasteiger partial charge in [0.05, 0.1) is 10.2 Å². The van der Waals surface area contributed by atoms with Crippen LogP contribution in [0.15, 0.2) is 87.5 Å². The number of benzene rings is 3. The molecule has 7 heteroatoms. The van der Waals surface area contributed by atoms with Gasteiger partial charge in [0.25, 0.3) is 5.91 Å². The molecule has 5 rings (SSSR count). The number of fused-ring (bicyclic) bond motifs is 4. The molecule has 5 aromatic rings. The molecule has 0 aliphatic carbocycles. The van der Waals surface area contributed by atoms with Crippen LogP contribution in [0, 0.1) is 5.82 Å². The topological polar surface area (TPSA) is 64.6 Å². The van der Waals surface area contributed by atoms with Crippen LogP contribution in [0.1, 0.15) is 10.4 Å². The fraction of sp³-hybridized carbons (Fsp3) is 0.0417. The Labute approximate surface area is 179 Å². The molecule has 0 saturated heterocycles. The Morgan fingerprint density at radius 2 is 1.97 bits per heavy atom. The fourth-order valence-corrected chi connectivity index (χ4v) is 4.69. The number of hydrogen-bond donors (Lipinski definition) is 0. The third kappa shape index (κ3) is 3.19. The summed E-state index contributed by atoms with van der Waals surface area (Å²) in [5, 5.41) is 2.48. The van der Waals surface area contributed by atoms with Gasteiger partial charge in [0.15, 0.2) is 4.80 Å². The van der Waals surface area contributed by atoms with Crippen molar-refractivity contribution in [3.05, 3.63) is 99.9 Å². The van der Waals surface area contributed by atoms with E-state index in [-0.39, 0.29) is 16.9 Å². The van der Waals surface area contributed by atoms with Crippen molar-refractivity contribution in [3.63, 3.8) is 0 Å². The van der Waals surface area contributed by atoms with Gasteiger partial charge < -0.3 is 8.98 Å². The molecule has 0 unspecified atom stereocenters. The van der Waals surface area contributed by atoms with Crippen molar-refractivity contribution in [2.75, 3.05) is 0 Å². The lowest BCUT2D eigenvalue weighted by atomic mass is 10.0. The molecule has 0 radical (unpaired) electrons. The number of amides is 1. The lowest BCUT2D eigenvalue weighted by Crippen LogP contribution is -2.19. The second kappa shape index (κ2) is 7.45. The zero-order valence-corrected chi connectivity index (χ0v) is 17.0. The van der Waals surface area contributed by atoms with E-state index in [0.717, 1.165) is 10.8 Å². The second-order valence-corrected chi connectivity index (χ2v) is 7.94. The van der Waals surface area contributed by atoms with Gasteiger partial charge in [0.2, 0.25) is 0 Å². The van der Waals surface area contributed by atoms with Crippen LogP contribution in [0.3, 0.4) is 0 Å². The summed E-state index contributed by atoms with van der Waals surface area (Å²) >= 11 is 1.17. The standard InChI is InChI=1S/C24H15FN2O3S/c1-2-12-27-21-18(25)8-5-9-20(21)31-24(27)26-22(28)17-13-16-15-7-4-3-6-14(15)10-11-19(16)30-23(17)29/h2-11,13H,1,12H2. The van der Waals surface area contributed by atoms with Gasteiger partial charge >= 0.3 is 5.63 Å². The first kappa shape index (κ1) is 19.1. The van der Waals surface area contributed by atoms with Crippen LogP contribution in [0.25, 0.3) is 32.0 Å². The molecule has 5 nitrogen and oxygen atoms in total. The lowest BCUT2D eigenvalue weighted by Gasteiger charge is -2.04. The highest BCUT2D eigenvalue weighted by atomic mass is 32.1. The molecule has 0 aliphatic rings. The SMILES string of the molecule is C=CCn1c(=NC(=O)c2cc3c(ccc4ccccc43)oc2=O)sc2cccc(F)c21. The van der Waals surface area contributed by atoms with Gasteiger partial charge in [-0.15, -0.1) is 6.58 Å². The number of nitrogens with zero attached hydrogens (tertiary/aromatic N) is 2. The molecular formula is C24H15FN2O3S. The number of carbonyl (C=O) groups excluding carboxylic acids is 1. The third-order valence-electron chi connectivity index (χ3n) is 5.03. The fourth-order valence-electron chi connectivity index (χ4n) is 3.64. The van der Waals surface area contributed by atoms with Gasteiger partial charge in [-0.25, -0.2) is 9.18 Å². The molecule has 0 N–H and O–H groups in total. The predicted octanol–water partition coefficient (Wildman–Crippen LogP) is 5.03. The number of hydrogen-bond acceptors (Lipinski definition) is 4. The molecule has 1 amide bonds. The Bertz CT molecular complexity index is 1640. The summed E-state index contributed by atoms with van der Waals surface area (Å²) in [7, 11) is 0. The Morgan fingerprint density at radius 3 is 2.81 bits per heavy atom. The Kier molecular flexibility index (Phi) is 4.60. The molecule has 31 heavy (non-hydrogen) atoms. The zero-order valence-electron chi connectivity index (χ0n) is 16.2. The highest BCUT2D eigenvalue weighted by molar-refractivity contribution is 7.16. The highest BCUT2D eigenvalue weighted by Crippen LogP contribution is 2.25. The van der Waals surface area contributed by atoms with Crippen LogP contribution in [0.2, 0.25) is 0 Å². The average Bonchev–Trinajstić information content (AvgIpc) is 3.11. The van der Waals surface area contributed by atoms with Crippen LogP contribution in [-0.4, -0.2) is 10.5 Å². The van der Waals surface area contributed by atoms with Crippen molar-refractivity contribution >= 4 is 49.2 Å². The number of allylic oxidation sites excluding steroid dienone is 1. The van der Waals surface area contributed by atoms with Crippen LogP contribution < -0.4 is 10.4 Å². The predicted molar refractivity (Wildman–Crippen MR) is 120 cm³/mol. The molecule has 3 aromatic carbocycles. The van der Waals surface area contributed by atoms with Gasteiger partial charge in [-0.05, 0) is 35.0 Å². The van der Waals surface area contributed by atoms with E-state index in [4.69, 9.17) is 4.42 Å². The van der Waals surface area contributed by atoms with E-state index in [0.29, 0.717) is 21.2 Å². The van der Waals surface area contributed by atoms with Gasteiger partial charge in [0.1, 0.15) is 17.0 Å². The zero-order chi connectivity index (χ0) is 21.5. The normalized spacial score (nSPS) is 12.1. The molecule has 0 aliphatic heterocycles. The van der Waals surface area contributed by atoms with Crippen molar-refractivity contribution in [2.24, 2.45) is 4.99 Å². The largest absolute Gasteiger partial charge is 0.422 e. The maximum absolute atomic E-state index is 14.4. The Hall–Kier alpha value is -3.84. The molecule has 0 saturated carbocycles. The number of aromatic nitrogens is 1. The van der Waals surface area contributed by atoms with Crippen LogP contribution in [0.4, 0.5) is 4.39 Å². The van der Waals surface area contributed by atoms with Gasteiger partial charge in [-0.2, -0.15) is 4.99 Å². The molecule has 0 spiro atoms. The minimum Gasteiger partial charge on any atom is -0.422 e. The smallest absolute Gasteiger partial charge is 0.349 e. The summed E-state index contributed by atoms with van der Waals surface area (Å²) in [5.74, 6) is -1.16. The first-order valence-corrected chi connectivity index (χ1v) is 10.3. The summed E-state index contributed by atoms with van der Waals surface area (Å²) in [6, 6.07) is 17.4. The van der Waals surface area contributed by atoms with Crippen molar-refractivity contribution in [1.29, 1.82) is 0 Å². The summed E-state index contributed by atoms with van der Waals surface area (Å²) in [6.45, 7) is 3.97. The van der Waals surface area contributed by atoms with Crippen molar-refractivity contribution < 1.29 is 13.6 Å². The van der Waals surface area contributed by atoms with E-state index >= 15 is 0 Å². The van der Waals surface area contributed by atoms with E-state index < -0.39 is 17.3 Å². The number of rotatable bonds is 3. The van der Waals surface area contributed by atoms with E-state index in [1.165, 1.54) is 23.5 Å². The van der Waals surface area contributed by atoms with E-state index in [2.05, 4.69) is 11.6 Å². The lowest BCUT2D eigenvalue weighted by molar-refractivity contribution is 0.0994. The number of carbonyl (C=O) groups is 1. The van der Waals surface area contributed by atoms with Crippen molar-refractivity contribution in [3.8, 4) is 0 Å². The van der Waals surface area contributed by atoms with Gasteiger partial charge in [-0.3, -0.25) is 4.79 Å². The third-order valence-corrected chi connectivity index (χ3v) is 6.08. The van der Waals surface area contributed by atoms with Crippen molar-refractivity contribution in [1.82, 2.24) is 4.57 Å². The monoisotopic (exact) mass is 430 g/mol. The molecular weight excluding hydrogens is 415 g/mol. The summed E-state index contributed by atoms with van der Waals surface area (Å²) in [6.07, 6.45) is 1.60. The molecule has 2 aromatic heterocycles. The molecule has 2 heterocycles. The maximum atomic E-state index is 14.4. The minimum atomic E-state index is -0.765. The Balaban J connectivity index is 1.73. The van der Waals surface area contributed by atoms with E-state index in [1.54, 1.807) is 28.8 Å². The average molecular weight is 430 g/mol. The van der Waals surface area contributed by atoms with Crippen molar-refractivity contribution in [2.45, 2.75) is 6.54 Å². The number of para-hydroxylation sites is 1. The Morgan fingerprint density at radius 1 is 1.13 bits per heavy atom. The second-order valence-electron chi connectivity index (χ2n) is 6.93. The maximum Gasteiger partial charge on any atom is 0.349 e. The summed E-state index contributed by atoms with van der Waals surface area (Å²) < 4.78 is 22.0. The minimum absolute atomic E-state index is 0.174. The first-order chi connectivity index (χ1) is 15.1. The number of halogens is 1. The van der Waals surface area contributed by atoms with Gasteiger partial charge in [-0.1, -0.05) is 53.8 Å². The molecule has 0 fully saturated rings. The molecule has 152 valence electrons. The first-order valence-electron chi connectivity index (χ1n) is 9.50. The quantitative estimate of drug-likeness (QED) is 0.229. The summed E-state index contributed by atoms with van der Waals surface area (Å²) in [5.41, 5.74) is -0.201. The van der Waals surface area contributed by atoms with E-state index in [1.807, 2.05) is 30.3 Å². The summed E-state index contributed by atoms with van der Waals surface area (Å²) in [4.78, 5) is 29.9. The molecule has 0 atom stereocenters. The van der Waals surface area contributed by atoms with Crippen LogP contribution >= 0.6 is 11.3 Å².